The summed E-state index contributed by atoms with van der Waals surface area (Å²) in [6.07, 6.45) is 6.13. The van der Waals surface area contributed by atoms with Crippen molar-refractivity contribution in [1.29, 1.82) is 0 Å². The van der Waals surface area contributed by atoms with Gasteiger partial charge in [0.05, 0.1) is 11.7 Å². The second-order valence-electron chi connectivity index (χ2n) is 8.69. The third-order valence-electron chi connectivity index (χ3n) is 6.20. The quantitative estimate of drug-likeness (QED) is 0.470. The van der Waals surface area contributed by atoms with Gasteiger partial charge in [0.15, 0.2) is 0 Å². The number of amides is 1. The van der Waals surface area contributed by atoms with Gasteiger partial charge in [0.2, 0.25) is 5.91 Å². The summed E-state index contributed by atoms with van der Waals surface area (Å²) in [7, 11) is 3.93. The highest BCUT2D eigenvalue weighted by atomic mass is 32.1. The van der Waals surface area contributed by atoms with Crippen LogP contribution in [0.3, 0.4) is 0 Å². The van der Waals surface area contributed by atoms with Crippen molar-refractivity contribution in [2.24, 2.45) is 0 Å². The van der Waals surface area contributed by atoms with E-state index in [-0.39, 0.29) is 18.0 Å². The molecular formula is C26H26N4O2S. The van der Waals surface area contributed by atoms with Crippen molar-refractivity contribution in [3.05, 3.63) is 75.7 Å². The third-order valence-corrected chi connectivity index (χ3v) is 7.09. The molecule has 0 aliphatic heterocycles. The summed E-state index contributed by atoms with van der Waals surface area (Å²) in [6, 6.07) is 14.1. The molecule has 0 atom stereocenters. The number of nitrogens with one attached hydrogen (secondary N) is 1. The highest BCUT2D eigenvalue weighted by molar-refractivity contribution is 7.17. The van der Waals surface area contributed by atoms with Crippen LogP contribution in [0.1, 0.15) is 24.0 Å². The Balaban J connectivity index is 1.41. The predicted molar refractivity (Wildman–Crippen MR) is 135 cm³/mol. The smallest absolute Gasteiger partial charge is 0.263 e. The first kappa shape index (κ1) is 21.4. The molecule has 2 aromatic heterocycles. The lowest BCUT2D eigenvalue weighted by atomic mass is 9.89. The van der Waals surface area contributed by atoms with E-state index in [0.717, 1.165) is 29.7 Å². The molecule has 0 saturated carbocycles. The molecule has 0 fully saturated rings. The third kappa shape index (κ3) is 4.28. The summed E-state index contributed by atoms with van der Waals surface area (Å²) < 4.78 is 1.39. The van der Waals surface area contributed by atoms with Gasteiger partial charge in [-0.3, -0.25) is 14.2 Å². The maximum atomic E-state index is 13.3. The van der Waals surface area contributed by atoms with Gasteiger partial charge in [-0.2, -0.15) is 0 Å². The van der Waals surface area contributed by atoms with E-state index in [4.69, 9.17) is 0 Å². The van der Waals surface area contributed by atoms with Crippen molar-refractivity contribution < 1.29 is 4.79 Å². The van der Waals surface area contributed by atoms with Crippen molar-refractivity contribution in [3.63, 3.8) is 0 Å². The number of carbonyl (C=O) groups is 1. The largest absolute Gasteiger partial charge is 0.378 e. The van der Waals surface area contributed by atoms with E-state index < -0.39 is 0 Å². The molecular weight excluding hydrogens is 432 g/mol. The number of aryl methyl sites for hydroxylation is 2. The molecule has 7 heteroatoms. The van der Waals surface area contributed by atoms with E-state index in [1.807, 2.05) is 48.6 Å². The van der Waals surface area contributed by atoms with Gasteiger partial charge in [0.25, 0.3) is 5.56 Å². The van der Waals surface area contributed by atoms with Crippen LogP contribution in [-0.4, -0.2) is 29.6 Å². The Bertz CT molecular complexity index is 1390. The molecule has 1 N–H and O–H groups in total. The molecule has 1 aliphatic carbocycles. The van der Waals surface area contributed by atoms with Crippen LogP contribution in [-0.2, 0) is 24.2 Å². The van der Waals surface area contributed by atoms with Gasteiger partial charge in [0, 0.05) is 36.4 Å². The zero-order valence-corrected chi connectivity index (χ0v) is 19.6. The number of hydrogen-bond donors (Lipinski definition) is 1. The number of rotatable bonds is 5. The molecule has 0 bridgehead atoms. The van der Waals surface area contributed by atoms with E-state index in [9.17, 15) is 9.59 Å². The molecule has 6 nitrogen and oxygen atoms in total. The van der Waals surface area contributed by atoms with Crippen molar-refractivity contribution in [2.45, 2.75) is 32.2 Å². The molecule has 0 radical (unpaired) electrons. The van der Waals surface area contributed by atoms with Gasteiger partial charge in [-0.25, -0.2) is 4.98 Å². The Morgan fingerprint density at radius 1 is 1.09 bits per heavy atom. The van der Waals surface area contributed by atoms with Crippen LogP contribution in [0, 0.1) is 0 Å². The summed E-state index contributed by atoms with van der Waals surface area (Å²) in [6.45, 7) is -0.0866. The first-order valence-electron chi connectivity index (χ1n) is 11.2. The number of hydrogen-bond acceptors (Lipinski definition) is 5. The van der Waals surface area contributed by atoms with Gasteiger partial charge >= 0.3 is 0 Å². The molecule has 0 unspecified atom stereocenters. The summed E-state index contributed by atoms with van der Waals surface area (Å²) >= 11 is 1.47. The Kier molecular flexibility index (Phi) is 5.72. The highest BCUT2D eigenvalue weighted by Crippen LogP contribution is 2.33. The zero-order valence-electron chi connectivity index (χ0n) is 18.8. The summed E-state index contributed by atoms with van der Waals surface area (Å²) in [5, 5.41) is 5.45. The van der Waals surface area contributed by atoms with Crippen molar-refractivity contribution >= 4 is 38.8 Å². The monoisotopic (exact) mass is 458 g/mol. The SMILES string of the molecule is CN(C)c1ccc(NC(=O)Cn2cnc3scc(-c4ccc5c(c4)CCCC5)c3c2=O)cc1. The number of benzene rings is 2. The first-order valence-corrected chi connectivity index (χ1v) is 12.0. The van der Waals surface area contributed by atoms with Gasteiger partial charge in [-0.1, -0.05) is 18.2 Å². The van der Waals surface area contributed by atoms with E-state index >= 15 is 0 Å². The second kappa shape index (κ2) is 8.83. The van der Waals surface area contributed by atoms with Gasteiger partial charge < -0.3 is 10.2 Å². The predicted octanol–water partition coefficient (Wildman–Crippen LogP) is 4.71. The molecule has 5 rings (SSSR count). The van der Waals surface area contributed by atoms with Gasteiger partial charge in [-0.05, 0) is 66.6 Å². The number of thiophene rings is 1. The van der Waals surface area contributed by atoms with Crippen molar-refractivity contribution in [2.75, 3.05) is 24.3 Å². The normalized spacial score (nSPS) is 13.0. The average molecular weight is 459 g/mol. The standard InChI is InChI=1S/C26H26N4O2S/c1-29(2)21-11-9-20(10-12-21)28-23(31)14-30-16-27-25-24(26(30)32)22(15-33-25)19-8-7-17-5-3-4-6-18(17)13-19/h7-13,15-16H,3-6,14H2,1-2H3,(H,28,31). The lowest BCUT2D eigenvalue weighted by Crippen LogP contribution is -2.27. The van der Waals surface area contributed by atoms with Crippen LogP contribution in [0.25, 0.3) is 21.3 Å². The zero-order chi connectivity index (χ0) is 22.9. The lowest BCUT2D eigenvalue weighted by molar-refractivity contribution is -0.116. The second-order valence-corrected chi connectivity index (χ2v) is 9.55. The number of carbonyl (C=O) groups excluding carboxylic acids is 1. The minimum Gasteiger partial charge on any atom is -0.378 e. The fourth-order valence-electron chi connectivity index (χ4n) is 4.39. The topological polar surface area (TPSA) is 67.2 Å². The van der Waals surface area contributed by atoms with Crippen molar-refractivity contribution in [3.8, 4) is 11.1 Å². The molecule has 2 aromatic carbocycles. The maximum absolute atomic E-state index is 13.3. The Hall–Kier alpha value is -3.45. The number of anilines is 2. The number of aromatic nitrogens is 2. The van der Waals surface area contributed by atoms with E-state index in [1.54, 1.807) is 0 Å². The minimum atomic E-state index is -0.263. The van der Waals surface area contributed by atoms with Gasteiger partial charge in [-0.15, -0.1) is 11.3 Å². The molecule has 168 valence electrons. The van der Waals surface area contributed by atoms with Crippen LogP contribution >= 0.6 is 11.3 Å². The van der Waals surface area contributed by atoms with E-state index in [1.165, 1.54) is 46.2 Å². The Morgan fingerprint density at radius 2 is 1.85 bits per heavy atom. The van der Waals surface area contributed by atoms with Crippen molar-refractivity contribution in [1.82, 2.24) is 9.55 Å². The Morgan fingerprint density at radius 3 is 2.61 bits per heavy atom. The molecule has 0 spiro atoms. The van der Waals surface area contributed by atoms with Crippen LogP contribution in [0.4, 0.5) is 11.4 Å². The average Bonchev–Trinajstić information content (AvgIpc) is 3.26. The maximum Gasteiger partial charge on any atom is 0.263 e. The highest BCUT2D eigenvalue weighted by Gasteiger charge is 2.17. The number of nitrogens with zero attached hydrogens (tertiary/aromatic N) is 3. The molecule has 4 aromatic rings. The van der Waals surface area contributed by atoms with Crippen LogP contribution < -0.4 is 15.8 Å². The van der Waals surface area contributed by atoms with Gasteiger partial charge in [0.1, 0.15) is 11.4 Å². The Labute approximate surface area is 196 Å². The molecule has 33 heavy (non-hydrogen) atoms. The summed E-state index contributed by atoms with van der Waals surface area (Å²) in [5.74, 6) is -0.263. The molecule has 2 heterocycles. The summed E-state index contributed by atoms with van der Waals surface area (Å²) in [4.78, 5) is 33.1. The minimum absolute atomic E-state index is 0.0866. The first-order chi connectivity index (χ1) is 16.0. The van der Waals surface area contributed by atoms with E-state index in [0.29, 0.717) is 15.9 Å². The lowest BCUT2D eigenvalue weighted by Gasteiger charge is -2.16. The summed E-state index contributed by atoms with van der Waals surface area (Å²) in [5.41, 5.74) is 6.28. The van der Waals surface area contributed by atoms with Crippen LogP contribution in [0.2, 0.25) is 0 Å². The molecule has 1 aliphatic rings. The fraction of sp³-hybridized carbons (Fsp3) is 0.269. The molecule has 0 saturated heterocycles. The fourth-order valence-corrected chi connectivity index (χ4v) is 5.30. The van der Waals surface area contributed by atoms with Crippen LogP contribution in [0.15, 0.2) is 59.0 Å². The van der Waals surface area contributed by atoms with E-state index in [2.05, 4.69) is 28.5 Å². The molecule has 1 amide bonds. The number of fused-ring (bicyclic) bond motifs is 2. The van der Waals surface area contributed by atoms with Crippen LogP contribution in [0.5, 0.6) is 0 Å².